The van der Waals surface area contributed by atoms with Crippen LogP contribution in [0.25, 0.3) is 0 Å². The SMILES string of the molecule is CC(N)NCNCN(C=N)CO[C@@H](C)CN(C)CCN. The lowest BCUT2D eigenvalue weighted by Gasteiger charge is -2.25. The Morgan fingerprint density at radius 2 is 2.10 bits per heavy atom. The minimum Gasteiger partial charge on any atom is -0.357 e. The van der Waals surface area contributed by atoms with E-state index in [1.807, 2.05) is 20.9 Å². The van der Waals surface area contributed by atoms with Gasteiger partial charge in [0, 0.05) is 26.3 Å². The number of nitrogens with one attached hydrogen (secondary N) is 3. The summed E-state index contributed by atoms with van der Waals surface area (Å²) in [6.45, 7) is 7.72. The summed E-state index contributed by atoms with van der Waals surface area (Å²) in [6, 6.07) is 0. The van der Waals surface area contributed by atoms with Crippen LogP contribution in [0.15, 0.2) is 0 Å². The summed E-state index contributed by atoms with van der Waals surface area (Å²) in [5.41, 5.74) is 11.1. The van der Waals surface area contributed by atoms with Gasteiger partial charge in [-0.25, -0.2) is 0 Å². The lowest BCUT2D eigenvalue weighted by atomic mass is 10.3. The lowest BCUT2D eigenvalue weighted by Crippen LogP contribution is -2.44. The van der Waals surface area contributed by atoms with Crippen LogP contribution in [-0.4, -0.2) is 75.2 Å². The second kappa shape index (κ2) is 12.0. The van der Waals surface area contributed by atoms with Crippen LogP contribution in [-0.2, 0) is 4.74 Å². The molecule has 0 aromatic rings. The molecule has 0 radical (unpaired) electrons. The van der Waals surface area contributed by atoms with Crippen molar-refractivity contribution in [1.29, 1.82) is 5.41 Å². The first-order valence-corrected chi connectivity index (χ1v) is 6.94. The average Bonchev–Trinajstić information content (AvgIpc) is 2.37. The summed E-state index contributed by atoms with van der Waals surface area (Å²) in [5, 5.41) is 13.5. The Balaban J connectivity index is 3.74. The standard InChI is InChI=1S/C12H31N7O/c1-11(6-18(3)5-4-13)20-10-19(7-14)9-16-8-17-12(2)15/h7,11-12,14,16-17H,4-6,8-10,13,15H2,1-3H3/t11-,12?/m0/s1. The molecule has 0 aliphatic heterocycles. The van der Waals surface area contributed by atoms with E-state index in [-0.39, 0.29) is 12.3 Å². The minimum absolute atomic E-state index is 0.0507. The second-order valence-electron chi connectivity index (χ2n) is 4.95. The van der Waals surface area contributed by atoms with Gasteiger partial charge >= 0.3 is 0 Å². The van der Waals surface area contributed by atoms with Gasteiger partial charge in [-0.1, -0.05) is 0 Å². The van der Waals surface area contributed by atoms with Crippen LogP contribution in [0.1, 0.15) is 13.8 Å². The molecular weight excluding hydrogens is 258 g/mol. The van der Waals surface area contributed by atoms with Crippen LogP contribution in [0.5, 0.6) is 0 Å². The van der Waals surface area contributed by atoms with Crippen molar-refractivity contribution in [3.8, 4) is 0 Å². The molecule has 0 bridgehead atoms. The van der Waals surface area contributed by atoms with Gasteiger partial charge in [-0.2, -0.15) is 0 Å². The Kier molecular flexibility index (Phi) is 11.5. The quantitative estimate of drug-likeness (QED) is 0.122. The Morgan fingerprint density at radius 3 is 2.65 bits per heavy atom. The van der Waals surface area contributed by atoms with E-state index in [4.69, 9.17) is 21.6 Å². The van der Waals surface area contributed by atoms with Crippen LogP contribution in [0.4, 0.5) is 0 Å². The highest BCUT2D eigenvalue weighted by Gasteiger charge is 2.08. The average molecular weight is 289 g/mol. The zero-order valence-electron chi connectivity index (χ0n) is 12.9. The van der Waals surface area contributed by atoms with Crippen molar-refractivity contribution in [3.63, 3.8) is 0 Å². The van der Waals surface area contributed by atoms with E-state index in [1.54, 1.807) is 4.90 Å². The van der Waals surface area contributed by atoms with Crippen molar-refractivity contribution < 1.29 is 4.74 Å². The molecule has 0 amide bonds. The topological polar surface area (TPSA) is 116 Å². The van der Waals surface area contributed by atoms with Crippen molar-refractivity contribution in [2.75, 3.05) is 46.8 Å². The molecule has 120 valence electrons. The van der Waals surface area contributed by atoms with Gasteiger partial charge in [-0.3, -0.25) is 16.0 Å². The van der Waals surface area contributed by atoms with Gasteiger partial charge in [0.2, 0.25) is 0 Å². The smallest absolute Gasteiger partial charge is 0.121 e. The molecule has 8 nitrogen and oxygen atoms in total. The highest BCUT2D eigenvalue weighted by Crippen LogP contribution is 1.95. The van der Waals surface area contributed by atoms with Crippen molar-refractivity contribution in [1.82, 2.24) is 20.4 Å². The minimum atomic E-state index is -0.0507. The maximum atomic E-state index is 7.34. The summed E-state index contributed by atoms with van der Waals surface area (Å²) in [5.74, 6) is 0. The van der Waals surface area contributed by atoms with Crippen LogP contribution < -0.4 is 22.1 Å². The van der Waals surface area contributed by atoms with E-state index in [0.717, 1.165) is 13.1 Å². The number of likely N-dealkylation sites (N-methyl/N-ethyl adjacent to an activating group) is 1. The molecule has 0 heterocycles. The molecule has 0 aromatic carbocycles. The maximum absolute atomic E-state index is 7.34. The second-order valence-corrected chi connectivity index (χ2v) is 4.95. The summed E-state index contributed by atoms with van der Waals surface area (Å²) in [7, 11) is 2.02. The Morgan fingerprint density at radius 1 is 1.40 bits per heavy atom. The van der Waals surface area contributed by atoms with Crippen molar-refractivity contribution in [2.45, 2.75) is 26.1 Å². The van der Waals surface area contributed by atoms with Crippen LogP contribution in [0.2, 0.25) is 0 Å². The van der Waals surface area contributed by atoms with Gasteiger partial charge < -0.3 is 26.0 Å². The van der Waals surface area contributed by atoms with Crippen LogP contribution in [0, 0.1) is 5.41 Å². The van der Waals surface area contributed by atoms with E-state index in [9.17, 15) is 0 Å². The van der Waals surface area contributed by atoms with E-state index >= 15 is 0 Å². The largest absolute Gasteiger partial charge is 0.357 e. The molecule has 8 heteroatoms. The molecule has 0 saturated carbocycles. The monoisotopic (exact) mass is 289 g/mol. The summed E-state index contributed by atoms with van der Waals surface area (Å²) < 4.78 is 5.70. The Hall–Kier alpha value is -0.770. The molecule has 20 heavy (non-hydrogen) atoms. The lowest BCUT2D eigenvalue weighted by molar-refractivity contribution is -0.00183. The summed E-state index contributed by atoms with van der Waals surface area (Å²) in [4.78, 5) is 3.87. The normalized spacial score (nSPS) is 14.3. The third kappa shape index (κ3) is 11.1. The molecule has 0 rings (SSSR count). The van der Waals surface area contributed by atoms with Crippen molar-refractivity contribution in [3.05, 3.63) is 0 Å². The van der Waals surface area contributed by atoms with E-state index in [2.05, 4.69) is 15.5 Å². The predicted molar refractivity (Wildman–Crippen MR) is 82.2 cm³/mol. The molecule has 0 spiro atoms. The number of hydrogen-bond donors (Lipinski definition) is 5. The highest BCUT2D eigenvalue weighted by atomic mass is 16.5. The first-order valence-electron chi connectivity index (χ1n) is 6.94. The summed E-state index contributed by atoms with van der Waals surface area (Å²) in [6.07, 6.45) is 1.30. The van der Waals surface area contributed by atoms with Gasteiger partial charge in [0.25, 0.3) is 0 Å². The molecule has 0 saturated heterocycles. The van der Waals surface area contributed by atoms with E-state index < -0.39 is 0 Å². The molecule has 0 aromatic heterocycles. The first kappa shape index (κ1) is 19.2. The van der Waals surface area contributed by atoms with Gasteiger partial charge in [-0.15, -0.1) is 0 Å². The molecule has 0 fully saturated rings. The molecule has 0 aliphatic carbocycles. The fourth-order valence-electron chi connectivity index (χ4n) is 1.59. The number of nitrogens with two attached hydrogens (primary N) is 2. The summed E-state index contributed by atoms with van der Waals surface area (Å²) >= 11 is 0. The highest BCUT2D eigenvalue weighted by molar-refractivity contribution is 5.49. The van der Waals surface area contributed by atoms with Crippen molar-refractivity contribution >= 4 is 6.34 Å². The molecule has 2 atom stereocenters. The zero-order valence-corrected chi connectivity index (χ0v) is 12.9. The molecule has 0 aliphatic rings. The number of hydrogen-bond acceptors (Lipinski definition) is 7. The van der Waals surface area contributed by atoms with Crippen LogP contribution in [0.3, 0.4) is 0 Å². The fraction of sp³-hybridized carbons (Fsp3) is 0.917. The predicted octanol–water partition coefficient (Wildman–Crippen LogP) is -1.45. The van der Waals surface area contributed by atoms with Gasteiger partial charge in [-0.05, 0) is 20.9 Å². The molecular formula is C12H31N7O. The fourth-order valence-corrected chi connectivity index (χ4v) is 1.59. The molecule has 7 N–H and O–H groups in total. The third-order valence-electron chi connectivity index (χ3n) is 2.65. The molecule has 1 unspecified atom stereocenters. The van der Waals surface area contributed by atoms with Gasteiger partial charge in [0.1, 0.15) is 6.73 Å². The maximum Gasteiger partial charge on any atom is 0.121 e. The third-order valence-corrected chi connectivity index (χ3v) is 2.65. The van der Waals surface area contributed by atoms with E-state index in [0.29, 0.717) is 26.6 Å². The van der Waals surface area contributed by atoms with Crippen molar-refractivity contribution in [2.24, 2.45) is 11.5 Å². The van der Waals surface area contributed by atoms with Crippen LogP contribution >= 0.6 is 0 Å². The number of ether oxygens (including phenoxy) is 1. The zero-order chi connectivity index (χ0) is 15.4. The number of nitrogens with zero attached hydrogens (tertiary/aromatic N) is 2. The van der Waals surface area contributed by atoms with Gasteiger partial charge in [0.15, 0.2) is 0 Å². The Bertz CT molecular complexity index is 240. The van der Waals surface area contributed by atoms with E-state index in [1.165, 1.54) is 6.34 Å². The number of rotatable bonds is 13. The van der Waals surface area contributed by atoms with Gasteiger partial charge in [0.05, 0.1) is 25.3 Å². The first-order chi connectivity index (χ1) is 9.49. The Labute approximate surface area is 122 Å².